The lowest BCUT2D eigenvalue weighted by atomic mass is 10.0. The molecule has 0 fully saturated rings. The van der Waals surface area contributed by atoms with Crippen LogP contribution in [0, 0.1) is 5.92 Å². The minimum atomic E-state index is -0.769. The van der Waals surface area contributed by atoms with Gasteiger partial charge in [-0.25, -0.2) is 0 Å². The van der Waals surface area contributed by atoms with E-state index in [-0.39, 0.29) is 6.54 Å². The number of rotatable bonds is 19. The summed E-state index contributed by atoms with van der Waals surface area (Å²) in [6.45, 7) is 5.54. The molecule has 3 heteroatoms. The normalized spacial score (nSPS) is 11.6. The predicted molar refractivity (Wildman–Crippen MR) is 109 cm³/mol. The average molecular weight is 354 g/mol. The van der Waals surface area contributed by atoms with Gasteiger partial charge in [0.2, 0.25) is 0 Å². The van der Waals surface area contributed by atoms with E-state index >= 15 is 0 Å². The summed E-state index contributed by atoms with van der Waals surface area (Å²) < 4.78 is 0. The molecule has 0 aliphatic heterocycles. The smallest absolute Gasteiger partial charge is 0.317 e. The highest BCUT2D eigenvalue weighted by Crippen LogP contribution is 2.12. The molecule has 2 N–H and O–H groups in total. The average Bonchev–Trinajstić information content (AvgIpc) is 2.56. The molecule has 0 saturated carbocycles. The Bertz CT molecular complexity index is 313. The molecular formula is C22H43NO2. The summed E-state index contributed by atoms with van der Waals surface area (Å²) in [6, 6.07) is 0. The largest absolute Gasteiger partial charge is 0.480 e. The zero-order chi connectivity index (χ0) is 18.6. The van der Waals surface area contributed by atoms with Gasteiger partial charge in [0.25, 0.3) is 0 Å². The molecule has 0 heterocycles. The van der Waals surface area contributed by atoms with Crippen molar-refractivity contribution in [2.75, 3.05) is 13.1 Å². The van der Waals surface area contributed by atoms with Gasteiger partial charge in [-0.1, -0.05) is 83.8 Å². The van der Waals surface area contributed by atoms with E-state index in [2.05, 4.69) is 31.3 Å². The summed E-state index contributed by atoms with van der Waals surface area (Å²) in [6.07, 6.45) is 23.1. The van der Waals surface area contributed by atoms with Crippen LogP contribution in [-0.4, -0.2) is 24.2 Å². The van der Waals surface area contributed by atoms with E-state index in [1.807, 2.05) is 0 Å². The van der Waals surface area contributed by atoms with Crippen LogP contribution in [0.1, 0.15) is 104 Å². The van der Waals surface area contributed by atoms with Crippen molar-refractivity contribution >= 4 is 5.97 Å². The van der Waals surface area contributed by atoms with Crippen molar-refractivity contribution < 1.29 is 9.90 Å². The summed E-state index contributed by atoms with van der Waals surface area (Å²) in [5, 5.41) is 11.4. The lowest BCUT2D eigenvalue weighted by Gasteiger charge is -2.03. The molecule has 0 radical (unpaired) electrons. The first-order valence-corrected chi connectivity index (χ1v) is 10.7. The van der Waals surface area contributed by atoms with Crippen molar-refractivity contribution in [3.8, 4) is 0 Å². The summed E-state index contributed by atoms with van der Waals surface area (Å²) in [7, 11) is 0. The lowest BCUT2D eigenvalue weighted by Crippen LogP contribution is -2.23. The van der Waals surface area contributed by atoms with Crippen LogP contribution >= 0.6 is 0 Å². The first-order chi connectivity index (χ1) is 12.1. The van der Waals surface area contributed by atoms with E-state index in [9.17, 15) is 4.79 Å². The van der Waals surface area contributed by atoms with Crippen LogP contribution in [0.15, 0.2) is 12.2 Å². The van der Waals surface area contributed by atoms with Gasteiger partial charge in [-0.15, -0.1) is 0 Å². The Morgan fingerprint density at radius 3 is 1.80 bits per heavy atom. The second-order valence-electron chi connectivity index (χ2n) is 7.69. The Morgan fingerprint density at radius 1 is 0.800 bits per heavy atom. The Balaban J connectivity index is 3.10. The van der Waals surface area contributed by atoms with Crippen molar-refractivity contribution in [2.45, 2.75) is 104 Å². The molecular weight excluding hydrogens is 310 g/mol. The summed E-state index contributed by atoms with van der Waals surface area (Å²) in [5.74, 6) is 0.0958. The minimum Gasteiger partial charge on any atom is -0.480 e. The van der Waals surface area contributed by atoms with Gasteiger partial charge in [0.15, 0.2) is 0 Å². The zero-order valence-electron chi connectivity index (χ0n) is 16.9. The van der Waals surface area contributed by atoms with Crippen LogP contribution in [0.25, 0.3) is 0 Å². The van der Waals surface area contributed by atoms with Gasteiger partial charge in [-0.2, -0.15) is 0 Å². The number of aliphatic carboxylic acids is 1. The molecule has 0 unspecified atom stereocenters. The highest BCUT2D eigenvalue weighted by Gasteiger charge is 1.95. The SMILES string of the molecule is CC(C)CCCCCCC/C=C\CCCCCCCCNCC(=O)O. The number of allylic oxidation sites excluding steroid dienone is 2. The Morgan fingerprint density at radius 2 is 1.28 bits per heavy atom. The summed E-state index contributed by atoms with van der Waals surface area (Å²) in [4.78, 5) is 10.3. The zero-order valence-corrected chi connectivity index (χ0v) is 16.9. The molecule has 25 heavy (non-hydrogen) atoms. The van der Waals surface area contributed by atoms with Crippen LogP contribution in [-0.2, 0) is 4.79 Å². The Labute approximate surface area is 156 Å². The quantitative estimate of drug-likeness (QED) is 0.210. The first kappa shape index (κ1) is 24.2. The second-order valence-corrected chi connectivity index (χ2v) is 7.69. The van der Waals surface area contributed by atoms with Crippen LogP contribution < -0.4 is 5.32 Å². The monoisotopic (exact) mass is 353 g/mol. The third-order valence-corrected chi connectivity index (χ3v) is 4.57. The summed E-state index contributed by atoms with van der Waals surface area (Å²) in [5.41, 5.74) is 0. The van der Waals surface area contributed by atoms with E-state index in [4.69, 9.17) is 5.11 Å². The van der Waals surface area contributed by atoms with Crippen LogP contribution in [0.5, 0.6) is 0 Å². The van der Waals surface area contributed by atoms with Crippen molar-refractivity contribution in [3.63, 3.8) is 0 Å². The highest BCUT2D eigenvalue weighted by molar-refractivity contribution is 5.68. The van der Waals surface area contributed by atoms with Crippen LogP contribution in [0.4, 0.5) is 0 Å². The molecule has 0 aromatic rings. The van der Waals surface area contributed by atoms with Gasteiger partial charge in [-0.3, -0.25) is 4.79 Å². The molecule has 148 valence electrons. The van der Waals surface area contributed by atoms with Crippen molar-refractivity contribution in [1.29, 1.82) is 0 Å². The standard InChI is InChI=1S/C22H43NO2/c1-21(2)18-16-14-12-10-8-6-4-3-5-7-9-11-13-15-17-19-23-20-22(24)25/h3-4,21,23H,5-20H2,1-2H3,(H,24,25)/b4-3-. The van der Waals surface area contributed by atoms with Crippen molar-refractivity contribution in [2.24, 2.45) is 5.92 Å². The molecule has 3 nitrogen and oxygen atoms in total. The molecule has 0 spiro atoms. The maximum absolute atomic E-state index is 10.3. The predicted octanol–water partition coefficient (Wildman–Crippen LogP) is 6.33. The van der Waals surface area contributed by atoms with Gasteiger partial charge < -0.3 is 10.4 Å². The maximum Gasteiger partial charge on any atom is 0.317 e. The fraction of sp³-hybridized carbons (Fsp3) is 0.864. The topological polar surface area (TPSA) is 49.3 Å². The van der Waals surface area contributed by atoms with Crippen molar-refractivity contribution in [3.05, 3.63) is 12.2 Å². The van der Waals surface area contributed by atoms with Gasteiger partial charge in [0.05, 0.1) is 6.54 Å². The van der Waals surface area contributed by atoms with E-state index < -0.39 is 5.97 Å². The Kier molecular flexibility index (Phi) is 18.8. The van der Waals surface area contributed by atoms with Gasteiger partial charge >= 0.3 is 5.97 Å². The molecule has 0 aromatic heterocycles. The van der Waals surface area contributed by atoms with Gasteiger partial charge in [-0.05, 0) is 44.6 Å². The molecule has 0 amide bonds. The molecule has 0 aromatic carbocycles. The van der Waals surface area contributed by atoms with Crippen LogP contribution in [0.3, 0.4) is 0 Å². The maximum atomic E-state index is 10.3. The van der Waals surface area contributed by atoms with E-state index in [1.165, 1.54) is 83.5 Å². The molecule has 0 aliphatic carbocycles. The second kappa shape index (κ2) is 19.5. The molecule has 0 rings (SSSR count). The van der Waals surface area contributed by atoms with E-state index in [1.54, 1.807) is 0 Å². The fourth-order valence-corrected chi connectivity index (χ4v) is 3.00. The third-order valence-electron chi connectivity index (χ3n) is 4.57. The van der Waals surface area contributed by atoms with E-state index in [0.717, 1.165) is 18.9 Å². The number of unbranched alkanes of at least 4 members (excludes halogenated alkanes) is 11. The number of nitrogens with one attached hydrogen (secondary N) is 1. The summed E-state index contributed by atoms with van der Waals surface area (Å²) >= 11 is 0. The highest BCUT2D eigenvalue weighted by atomic mass is 16.4. The number of hydrogen-bond donors (Lipinski definition) is 2. The number of carboxylic acid groups (broad SMARTS) is 1. The van der Waals surface area contributed by atoms with Gasteiger partial charge in [0, 0.05) is 0 Å². The molecule has 0 bridgehead atoms. The lowest BCUT2D eigenvalue weighted by molar-refractivity contribution is -0.135. The Hall–Kier alpha value is -0.830. The third kappa shape index (κ3) is 23.2. The molecule has 0 saturated heterocycles. The van der Waals surface area contributed by atoms with Crippen molar-refractivity contribution in [1.82, 2.24) is 5.32 Å². The number of carboxylic acids is 1. The first-order valence-electron chi connectivity index (χ1n) is 10.7. The number of hydrogen-bond acceptors (Lipinski definition) is 2. The molecule has 0 atom stereocenters. The number of carbonyl (C=O) groups is 1. The van der Waals surface area contributed by atoms with Crippen LogP contribution in [0.2, 0.25) is 0 Å². The fourth-order valence-electron chi connectivity index (χ4n) is 3.00. The minimum absolute atomic E-state index is 0.0878. The van der Waals surface area contributed by atoms with Gasteiger partial charge in [0.1, 0.15) is 0 Å². The molecule has 0 aliphatic rings. The van der Waals surface area contributed by atoms with E-state index in [0.29, 0.717) is 0 Å².